The van der Waals surface area contributed by atoms with Crippen LogP contribution in [0.4, 0.5) is 0 Å². The maximum absolute atomic E-state index is 13.8. The molecule has 0 aromatic heterocycles. The maximum Gasteiger partial charge on any atom is 0.261 e. The highest BCUT2D eigenvalue weighted by molar-refractivity contribution is 9.10. The first-order valence-electron chi connectivity index (χ1n) is 13.6. The average Bonchev–Trinajstić information content (AvgIpc) is 3.44. The highest BCUT2D eigenvalue weighted by Crippen LogP contribution is 2.29. The Bertz CT molecular complexity index is 1240. The molecule has 0 radical (unpaired) electrons. The third kappa shape index (κ3) is 8.42. The normalized spacial score (nSPS) is 14.3. The van der Waals surface area contributed by atoms with E-state index in [1.807, 2.05) is 72.8 Å². The van der Waals surface area contributed by atoms with Crippen molar-refractivity contribution >= 4 is 43.7 Å². The van der Waals surface area contributed by atoms with Gasteiger partial charge in [0.1, 0.15) is 11.8 Å². The van der Waals surface area contributed by atoms with E-state index in [1.54, 1.807) is 4.90 Å². The van der Waals surface area contributed by atoms with Gasteiger partial charge in [-0.1, -0.05) is 91.1 Å². The van der Waals surface area contributed by atoms with Crippen molar-refractivity contribution in [1.29, 1.82) is 0 Å². The van der Waals surface area contributed by atoms with Gasteiger partial charge in [0.15, 0.2) is 6.61 Å². The first kappa shape index (κ1) is 29.3. The number of carbonyl (C=O) groups is 2. The summed E-state index contributed by atoms with van der Waals surface area (Å²) in [4.78, 5) is 29.3. The van der Waals surface area contributed by atoms with Gasteiger partial charge in [0.2, 0.25) is 5.91 Å². The summed E-state index contributed by atoms with van der Waals surface area (Å²) < 4.78 is 7.77. The lowest BCUT2D eigenvalue weighted by atomic mass is 10.0. The van der Waals surface area contributed by atoms with Crippen molar-refractivity contribution in [3.63, 3.8) is 0 Å². The number of hydrogen-bond donors (Lipinski definition) is 1. The van der Waals surface area contributed by atoms with E-state index in [2.05, 4.69) is 51.0 Å². The van der Waals surface area contributed by atoms with Gasteiger partial charge in [-0.25, -0.2) is 0 Å². The Morgan fingerprint density at radius 3 is 2.28 bits per heavy atom. The third-order valence-electron chi connectivity index (χ3n) is 7.21. The largest absolute Gasteiger partial charge is 0.483 e. The van der Waals surface area contributed by atoms with Gasteiger partial charge in [-0.2, -0.15) is 0 Å². The predicted octanol–water partition coefficient (Wildman–Crippen LogP) is 7.41. The van der Waals surface area contributed by atoms with Crippen molar-refractivity contribution in [3.8, 4) is 5.75 Å². The first-order valence-corrected chi connectivity index (χ1v) is 15.2. The molecule has 0 saturated heterocycles. The molecule has 1 aliphatic carbocycles. The standard InChI is InChI=1S/C32H36Br2N2O3/c1-22(2)25-14-17-30(28(34)19-25)39-21-31(37)36(20-24-12-15-26(33)16-13-24)29(18-23-8-4-3-5-9-23)32(38)35-27-10-6-7-11-27/h3-5,8-9,12-17,19,22,27,29H,6-7,10-11,18,20-21H2,1-2H3,(H,35,38)/t29-/m1/s1. The monoisotopic (exact) mass is 654 g/mol. The molecule has 206 valence electrons. The molecule has 3 aromatic carbocycles. The summed E-state index contributed by atoms with van der Waals surface area (Å²) in [5.41, 5.74) is 3.13. The highest BCUT2D eigenvalue weighted by Gasteiger charge is 2.32. The van der Waals surface area contributed by atoms with Crippen LogP contribution in [0, 0.1) is 0 Å². The summed E-state index contributed by atoms with van der Waals surface area (Å²) >= 11 is 7.08. The number of nitrogens with one attached hydrogen (secondary N) is 1. The van der Waals surface area contributed by atoms with E-state index >= 15 is 0 Å². The van der Waals surface area contributed by atoms with E-state index in [4.69, 9.17) is 4.74 Å². The molecular weight excluding hydrogens is 620 g/mol. The first-order chi connectivity index (χ1) is 18.8. The molecule has 7 heteroatoms. The van der Waals surface area contributed by atoms with Crippen LogP contribution >= 0.6 is 31.9 Å². The van der Waals surface area contributed by atoms with Crippen LogP contribution in [-0.4, -0.2) is 35.4 Å². The molecule has 4 rings (SSSR count). The molecule has 1 atom stereocenters. The van der Waals surface area contributed by atoms with Gasteiger partial charge in [0.25, 0.3) is 5.91 Å². The number of benzene rings is 3. The van der Waals surface area contributed by atoms with Crippen molar-refractivity contribution in [2.24, 2.45) is 0 Å². The van der Waals surface area contributed by atoms with Crippen LogP contribution in [0.5, 0.6) is 5.75 Å². The minimum atomic E-state index is -0.667. The molecule has 0 unspecified atom stereocenters. The van der Waals surface area contributed by atoms with E-state index in [9.17, 15) is 9.59 Å². The van der Waals surface area contributed by atoms with Gasteiger partial charge in [0, 0.05) is 23.5 Å². The van der Waals surface area contributed by atoms with Gasteiger partial charge < -0.3 is 15.0 Å². The minimum absolute atomic E-state index is 0.112. The van der Waals surface area contributed by atoms with Crippen LogP contribution in [0.25, 0.3) is 0 Å². The number of carbonyl (C=O) groups excluding carboxylic acids is 2. The topological polar surface area (TPSA) is 58.6 Å². The number of nitrogens with zero attached hydrogens (tertiary/aromatic N) is 1. The Morgan fingerprint density at radius 1 is 0.949 bits per heavy atom. The zero-order chi connectivity index (χ0) is 27.8. The van der Waals surface area contributed by atoms with Crippen molar-refractivity contribution in [1.82, 2.24) is 10.2 Å². The fourth-order valence-corrected chi connectivity index (χ4v) is 5.70. The Balaban J connectivity index is 1.60. The van der Waals surface area contributed by atoms with E-state index < -0.39 is 6.04 Å². The van der Waals surface area contributed by atoms with Gasteiger partial charge in [-0.15, -0.1) is 0 Å². The molecule has 1 N–H and O–H groups in total. The molecule has 1 fully saturated rings. The van der Waals surface area contributed by atoms with Gasteiger partial charge >= 0.3 is 0 Å². The van der Waals surface area contributed by atoms with Crippen LogP contribution in [0.2, 0.25) is 0 Å². The quantitative estimate of drug-likeness (QED) is 0.234. The van der Waals surface area contributed by atoms with Crippen molar-refractivity contribution in [3.05, 3.63) is 98.4 Å². The smallest absolute Gasteiger partial charge is 0.261 e. The van der Waals surface area contributed by atoms with E-state index in [0.717, 1.165) is 45.8 Å². The lowest BCUT2D eigenvalue weighted by Crippen LogP contribution is -2.53. The van der Waals surface area contributed by atoms with E-state index in [-0.39, 0.29) is 24.5 Å². The molecule has 0 spiro atoms. The van der Waals surface area contributed by atoms with Gasteiger partial charge in [0.05, 0.1) is 4.47 Å². The fraction of sp³-hybridized carbons (Fsp3) is 0.375. The molecule has 39 heavy (non-hydrogen) atoms. The van der Waals surface area contributed by atoms with Crippen LogP contribution in [-0.2, 0) is 22.6 Å². The minimum Gasteiger partial charge on any atom is -0.483 e. The molecule has 0 heterocycles. The van der Waals surface area contributed by atoms with Gasteiger partial charge in [-0.3, -0.25) is 9.59 Å². The summed E-state index contributed by atoms with van der Waals surface area (Å²) in [5, 5.41) is 3.24. The summed E-state index contributed by atoms with van der Waals surface area (Å²) in [5.74, 6) is 0.640. The zero-order valence-electron chi connectivity index (χ0n) is 22.5. The SMILES string of the molecule is CC(C)c1ccc(OCC(=O)N(Cc2ccc(Br)cc2)[C@H](Cc2ccccc2)C(=O)NC2CCCC2)c(Br)c1. The summed E-state index contributed by atoms with van der Waals surface area (Å²) in [6.45, 7) is 4.40. The van der Waals surface area contributed by atoms with Crippen LogP contribution in [0.15, 0.2) is 81.7 Å². The molecular formula is C32H36Br2N2O3. The molecule has 1 aliphatic rings. The lowest BCUT2D eigenvalue weighted by molar-refractivity contribution is -0.143. The highest BCUT2D eigenvalue weighted by atomic mass is 79.9. The number of halogens is 2. The Kier molecular flexibility index (Phi) is 10.6. The second kappa shape index (κ2) is 14.1. The van der Waals surface area contributed by atoms with Crippen LogP contribution in [0.1, 0.15) is 62.1 Å². The zero-order valence-corrected chi connectivity index (χ0v) is 25.7. The summed E-state index contributed by atoms with van der Waals surface area (Å²) in [6, 6.07) is 23.2. The number of ether oxygens (including phenoxy) is 1. The van der Waals surface area contributed by atoms with Crippen molar-refractivity contribution < 1.29 is 14.3 Å². The predicted molar refractivity (Wildman–Crippen MR) is 163 cm³/mol. The lowest BCUT2D eigenvalue weighted by Gasteiger charge is -2.32. The second-order valence-electron chi connectivity index (χ2n) is 10.5. The average molecular weight is 656 g/mol. The molecule has 2 amide bonds. The van der Waals surface area contributed by atoms with E-state index in [0.29, 0.717) is 24.6 Å². The Labute approximate surface area is 248 Å². The molecule has 1 saturated carbocycles. The summed E-state index contributed by atoms with van der Waals surface area (Å²) in [7, 11) is 0. The Morgan fingerprint density at radius 2 is 1.64 bits per heavy atom. The maximum atomic E-state index is 13.8. The molecule has 0 aliphatic heterocycles. The fourth-order valence-electron chi connectivity index (χ4n) is 4.92. The van der Waals surface area contributed by atoms with Crippen molar-refractivity contribution in [2.75, 3.05) is 6.61 Å². The number of amides is 2. The van der Waals surface area contributed by atoms with Crippen LogP contribution in [0.3, 0.4) is 0 Å². The van der Waals surface area contributed by atoms with Crippen molar-refractivity contribution in [2.45, 2.75) is 70.5 Å². The molecule has 0 bridgehead atoms. The van der Waals surface area contributed by atoms with E-state index in [1.165, 1.54) is 5.56 Å². The second-order valence-corrected chi connectivity index (χ2v) is 12.2. The van der Waals surface area contributed by atoms with Crippen LogP contribution < -0.4 is 10.1 Å². The number of hydrogen-bond acceptors (Lipinski definition) is 3. The third-order valence-corrected chi connectivity index (χ3v) is 8.36. The number of rotatable bonds is 11. The molecule has 5 nitrogen and oxygen atoms in total. The Hall–Kier alpha value is -2.64. The summed E-state index contributed by atoms with van der Waals surface area (Å²) in [6.07, 6.45) is 4.62. The molecule has 3 aromatic rings. The van der Waals surface area contributed by atoms with Gasteiger partial charge in [-0.05, 0) is 75.6 Å².